The van der Waals surface area contributed by atoms with E-state index < -0.39 is 0 Å². The van der Waals surface area contributed by atoms with E-state index in [2.05, 4.69) is 15.4 Å². The molecule has 0 saturated carbocycles. The van der Waals surface area contributed by atoms with Crippen molar-refractivity contribution in [2.75, 3.05) is 18.4 Å². The van der Waals surface area contributed by atoms with Crippen molar-refractivity contribution in [1.82, 2.24) is 19.7 Å². The summed E-state index contributed by atoms with van der Waals surface area (Å²) in [6.45, 7) is 3.90. The lowest BCUT2D eigenvalue weighted by molar-refractivity contribution is 0.0693. The first-order valence-electron chi connectivity index (χ1n) is 10.4. The third kappa shape index (κ3) is 4.63. The van der Waals surface area contributed by atoms with Crippen molar-refractivity contribution < 1.29 is 14.0 Å². The molecule has 4 rings (SSSR count). The van der Waals surface area contributed by atoms with Crippen molar-refractivity contribution in [2.45, 2.75) is 32.2 Å². The van der Waals surface area contributed by atoms with Gasteiger partial charge in [0.25, 0.3) is 11.8 Å². The fourth-order valence-electron chi connectivity index (χ4n) is 3.85. The van der Waals surface area contributed by atoms with Crippen LogP contribution in [-0.2, 0) is 6.54 Å². The van der Waals surface area contributed by atoms with Crippen LogP contribution in [0.1, 0.15) is 52.2 Å². The molecule has 160 valence electrons. The van der Waals surface area contributed by atoms with Crippen LogP contribution in [0.2, 0.25) is 0 Å². The van der Waals surface area contributed by atoms with E-state index in [1.54, 1.807) is 29.2 Å². The van der Waals surface area contributed by atoms with Gasteiger partial charge in [-0.15, -0.1) is 0 Å². The molecule has 0 aliphatic carbocycles. The fourth-order valence-corrected chi connectivity index (χ4v) is 3.85. The number of piperidine rings is 1. The molecule has 8 heteroatoms. The lowest BCUT2D eigenvalue weighted by Crippen LogP contribution is -2.40. The van der Waals surface area contributed by atoms with Gasteiger partial charge >= 0.3 is 0 Å². The van der Waals surface area contributed by atoms with E-state index in [4.69, 9.17) is 0 Å². The Morgan fingerprint density at radius 2 is 1.97 bits per heavy atom. The van der Waals surface area contributed by atoms with Gasteiger partial charge < -0.3 is 10.2 Å². The highest BCUT2D eigenvalue weighted by Gasteiger charge is 2.27. The predicted molar refractivity (Wildman–Crippen MR) is 114 cm³/mol. The number of aryl methyl sites for hydroxylation is 1. The summed E-state index contributed by atoms with van der Waals surface area (Å²) in [5.41, 5.74) is 2.40. The largest absolute Gasteiger partial charge is 0.337 e. The van der Waals surface area contributed by atoms with Gasteiger partial charge in [0.1, 0.15) is 11.5 Å². The minimum absolute atomic E-state index is 0.0145. The molecule has 1 aliphatic heterocycles. The maximum absolute atomic E-state index is 13.0. The van der Waals surface area contributed by atoms with Crippen LogP contribution < -0.4 is 5.32 Å². The van der Waals surface area contributed by atoms with Crippen molar-refractivity contribution in [3.8, 4) is 0 Å². The minimum atomic E-state index is -0.358. The number of hydrogen-bond donors (Lipinski definition) is 1. The van der Waals surface area contributed by atoms with Crippen LogP contribution in [0.15, 0.2) is 54.9 Å². The molecule has 2 amide bonds. The lowest BCUT2D eigenvalue weighted by Gasteiger charge is -2.32. The second-order valence-corrected chi connectivity index (χ2v) is 7.56. The van der Waals surface area contributed by atoms with Crippen molar-refractivity contribution in [3.05, 3.63) is 77.6 Å². The van der Waals surface area contributed by atoms with Crippen LogP contribution in [0, 0.1) is 5.82 Å². The zero-order valence-corrected chi connectivity index (χ0v) is 17.3. The number of benzene rings is 1. The maximum atomic E-state index is 13.0. The second-order valence-electron chi connectivity index (χ2n) is 7.56. The highest BCUT2D eigenvalue weighted by Crippen LogP contribution is 2.27. The number of rotatable bonds is 5. The van der Waals surface area contributed by atoms with Gasteiger partial charge in [0.05, 0.1) is 5.56 Å². The summed E-state index contributed by atoms with van der Waals surface area (Å²) in [6, 6.07) is 10.9. The molecule has 1 aliphatic rings. The first-order chi connectivity index (χ1) is 15.0. The first-order valence-corrected chi connectivity index (χ1v) is 10.4. The van der Waals surface area contributed by atoms with Crippen LogP contribution in [0.5, 0.6) is 0 Å². The standard InChI is InChI=1S/C23H24FN5O2/c1-2-29-21(11-12-26-29)23(31)28-13-3-4-17(15-28)20-10-5-16(14-25-20)22(30)27-19-8-6-18(24)7-9-19/h5-12,14,17H,2-4,13,15H2,1H3,(H,27,30). The normalized spacial score (nSPS) is 16.2. The SMILES string of the molecule is CCn1nccc1C(=O)N1CCCC(c2ccc(C(=O)Nc3ccc(F)cc3)cn2)C1. The Morgan fingerprint density at radius 1 is 1.16 bits per heavy atom. The summed E-state index contributed by atoms with van der Waals surface area (Å²) in [6.07, 6.45) is 5.02. The molecule has 0 radical (unpaired) electrons. The number of amides is 2. The van der Waals surface area contributed by atoms with Crippen molar-refractivity contribution in [3.63, 3.8) is 0 Å². The zero-order chi connectivity index (χ0) is 21.8. The number of nitrogens with zero attached hydrogens (tertiary/aromatic N) is 4. The Labute approximate surface area is 179 Å². The van der Waals surface area contributed by atoms with Gasteiger partial charge in [0.2, 0.25) is 0 Å². The number of halogens is 1. The van der Waals surface area contributed by atoms with E-state index in [0.29, 0.717) is 36.6 Å². The van der Waals surface area contributed by atoms with E-state index in [9.17, 15) is 14.0 Å². The molecule has 1 atom stereocenters. The van der Waals surface area contributed by atoms with Gasteiger partial charge in [-0.25, -0.2) is 4.39 Å². The molecule has 1 fully saturated rings. The van der Waals surface area contributed by atoms with Gasteiger partial charge in [-0.1, -0.05) is 0 Å². The summed E-state index contributed by atoms with van der Waals surface area (Å²) in [5, 5.41) is 6.91. The number of anilines is 1. The number of aromatic nitrogens is 3. The fraction of sp³-hybridized carbons (Fsp3) is 0.304. The number of carbonyl (C=O) groups excluding carboxylic acids is 2. The second kappa shape index (κ2) is 9.07. The van der Waals surface area contributed by atoms with E-state index in [0.717, 1.165) is 18.5 Å². The Hall–Kier alpha value is -3.55. The number of hydrogen-bond acceptors (Lipinski definition) is 4. The summed E-state index contributed by atoms with van der Waals surface area (Å²) in [4.78, 5) is 31.7. The van der Waals surface area contributed by atoms with E-state index in [1.807, 2.05) is 17.9 Å². The summed E-state index contributed by atoms with van der Waals surface area (Å²) >= 11 is 0. The van der Waals surface area contributed by atoms with E-state index in [-0.39, 0.29) is 23.5 Å². The molecule has 3 heterocycles. The smallest absolute Gasteiger partial charge is 0.272 e. The highest BCUT2D eigenvalue weighted by atomic mass is 19.1. The summed E-state index contributed by atoms with van der Waals surface area (Å²) < 4.78 is 14.7. The number of nitrogens with one attached hydrogen (secondary N) is 1. The van der Waals surface area contributed by atoms with E-state index in [1.165, 1.54) is 24.3 Å². The molecule has 0 spiro atoms. The van der Waals surface area contributed by atoms with Gasteiger partial charge in [0.15, 0.2) is 0 Å². The first kappa shape index (κ1) is 20.7. The lowest BCUT2D eigenvalue weighted by atomic mass is 9.93. The number of carbonyl (C=O) groups is 2. The minimum Gasteiger partial charge on any atom is -0.337 e. The Morgan fingerprint density at radius 3 is 2.68 bits per heavy atom. The van der Waals surface area contributed by atoms with Crippen LogP contribution in [0.4, 0.5) is 10.1 Å². The molecule has 1 saturated heterocycles. The topological polar surface area (TPSA) is 80.1 Å². The third-order valence-electron chi connectivity index (χ3n) is 5.51. The van der Waals surface area contributed by atoms with Crippen LogP contribution in [-0.4, -0.2) is 44.6 Å². The van der Waals surface area contributed by atoms with Crippen LogP contribution >= 0.6 is 0 Å². The van der Waals surface area contributed by atoms with E-state index >= 15 is 0 Å². The predicted octanol–water partition coefficient (Wildman–Crippen LogP) is 3.71. The van der Waals surface area contributed by atoms with Gasteiger partial charge in [-0.05, 0) is 62.2 Å². The Kier molecular flexibility index (Phi) is 6.06. The highest BCUT2D eigenvalue weighted by molar-refractivity contribution is 6.04. The molecule has 0 bridgehead atoms. The molecule has 1 unspecified atom stereocenters. The monoisotopic (exact) mass is 421 g/mol. The van der Waals surface area contributed by atoms with Gasteiger partial charge in [0, 0.05) is 49.3 Å². The molecule has 1 N–H and O–H groups in total. The summed E-state index contributed by atoms with van der Waals surface area (Å²) in [5.74, 6) is -0.564. The zero-order valence-electron chi connectivity index (χ0n) is 17.3. The number of likely N-dealkylation sites (tertiary alicyclic amines) is 1. The maximum Gasteiger partial charge on any atom is 0.272 e. The third-order valence-corrected chi connectivity index (χ3v) is 5.51. The molecular formula is C23H24FN5O2. The molecule has 31 heavy (non-hydrogen) atoms. The quantitative estimate of drug-likeness (QED) is 0.681. The average Bonchev–Trinajstić information content (AvgIpc) is 3.29. The average molecular weight is 421 g/mol. The Balaban J connectivity index is 1.42. The number of pyridine rings is 1. The Bertz CT molecular complexity index is 1060. The summed E-state index contributed by atoms with van der Waals surface area (Å²) in [7, 11) is 0. The molecular weight excluding hydrogens is 397 g/mol. The van der Waals surface area contributed by atoms with Crippen molar-refractivity contribution in [2.24, 2.45) is 0 Å². The van der Waals surface area contributed by atoms with Crippen LogP contribution in [0.3, 0.4) is 0 Å². The van der Waals surface area contributed by atoms with Crippen molar-refractivity contribution in [1.29, 1.82) is 0 Å². The molecule has 3 aromatic rings. The molecule has 7 nitrogen and oxygen atoms in total. The van der Waals surface area contributed by atoms with Gasteiger partial charge in [-0.3, -0.25) is 19.3 Å². The van der Waals surface area contributed by atoms with Gasteiger partial charge in [-0.2, -0.15) is 5.10 Å². The molecule has 2 aromatic heterocycles. The van der Waals surface area contributed by atoms with Crippen LogP contribution in [0.25, 0.3) is 0 Å². The van der Waals surface area contributed by atoms with Crippen molar-refractivity contribution >= 4 is 17.5 Å². The molecule has 1 aromatic carbocycles.